The number of sulfone groups is 1. The van der Waals surface area contributed by atoms with E-state index in [1.807, 2.05) is 23.1 Å². The lowest BCUT2D eigenvalue weighted by molar-refractivity contribution is 0.352. The number of hydrogen-bond donors (Lipinski definition) is 1. The van der Waals surface area contributed by atoms with E-state index in [-0.39, 0.29) is 35.6 Å². The number of para-hydroxylation sites is 1. The van der Waals surface area contributed by atoms with Crippen molar-refractivity contribution < 1.29 is 13.2 Å². The van der Waals surface area contributed by atoms with E-state index in [0.717, 1.165) is 17.3 Å². The predicted molar refractivity (Wildman–Crippen MR) is 118 cm³/mol. The van der Waals surface area contributed by atoms with Crippen LogP contribution >= 0.6 is 24.0 Å². The molecule has 0 bridgehead atoms. The molecule has 0 saturated carbocycles. The molecular weight excluding hydrogens is 465 g/mol. The maximum absolute atomic E-state index is 12.2. The van der Waals surface area contributed by atoms with Gasteiger partial charge in [0.25, 0.3) is 0 Å². The molecule has 148 valence electrons. The Bertz CT molecular complexity index is 735. The van der Waals surface area contributed by atoms with Crippen molar-refractivity contribution in [2.75, 3.05) is 39.5 Å². The van der Waals surface area contributed by atoms with Crippen LogP contribution in [0.1, 0.15) is 32.3 Å². The second-order valence-electron chi connectivity index (χ2n) is 7.07. The summed E-state index contributed by atoms with van der Waals surface area (Å²) in [5, 5.41) is 3.38. The highest BCUT2D eigenvalue weighted by Crippen LogP contribution is 2.26. The SMILES string of the molecule is CN=C(NCC(C)c1ccccc1OC)N1CCS(=O)(=O)C(C)(C)C1.I. The molecule has 0 radical (unpaired) electrons. The molecule has 0 amide bonds. The van der Waals surface area contributed by atoms with Gasteiger partial charge in [0.2, 0.25) is 0 Å². The molecule has 1 aliphatic heterocycles. The Morgan fingerprint density at radius 2 is 2.04 bits per heavy atom. The summed E-state index contributed by atoms with van der Waals surface area (Å²) in [6.07, 6.45) is 0. The summed E-state index contributed by atoms with van der Waals surface area (Å²) in [7, 11) is 0.343. The standard InChI is InChI=1S/C18H29N3O3S.HI/c1-14(15-8-6-7-9-16(15)24-5)12-20-17(19-4)21-10-11-25(22,23)18(2,3)13-21;/h6-9,14H,10-13H2,1-5H3,(H,19,20);1H. The van der Waals surface area contributed by atoms with Gasteiger partial charge >= 0.3 is 0 Å². The molecule has 0 spiro atoms. The summed E-state index contributed by atoms with van der Waals surface area (Å²) in [5.74, 6) is 2.00. The second-order valence-corrected chi connectivity index (χ2v) is 9.81. The smallest absolute Gasteiger partial charge is 0.193 e. The van der Waals surface area contributed by atoms with Gasteiger partial charge in [0.15, 0.2) is 15.8 Å². The molecule has 0 aromatic heterocycles. The minimum atomic E-state index is -3.06. The number of methoxy groups -OCH3 is 1. The van der Waals surface area contributed by atoms with Crippen molar-refractivity contribution in [1.29, 1.82) is 0 Å². The van der Waals surface area contributed by atoms with Crippen molar-refractivity contribution in [1.82, 2.24) is 10.2 Å². The van der Waals surface area contributed by atoms with Gasteiger partial charge in [0, 0.05) is 32.6 Å². The Morgan fingerprint density at radius 3 is 2.62 bits per heavy atom. The number of ether oxygens (including phenoxy) is 1. The molecule has 1 atom stereocenters. The van der Waals surface area contributed by atoms with Crippen molar-refractivity contribution in [2.24, 2.45) is 4.99 Å². The quantitative estimate of drug-likeness (QED) is 0.395. The monoisotopic (exact) mass is 495 g/mol. The minimum absolute atomic E-state index is 0. The highest BCUT2D eigenvalue weighted by Gasteiger charge is 2.40. The van der Waals surface area contributed by atoms with Crippen molar-refractivity contribution in [3.63, 3.8) is 0 Å². The molecule has 1 aromatic carbocycles. The third-order valence-corrected chi connectivity index (χ3v) is 7.32. The van der Waals surface area contributed by atoms with Crippen LogP contribution in [0.5, 0.6) is 5.75 Å². The molecule has 1 aliphatic rings. The second kappa shape index (κ2) is 9.25. The van der Waals surface area contributed by atoms with E-state index in [0.29, 0.717) is 19.6 Å². The first-order valence-electron chi connectivity index (χ1n) is 8.52. The normalized spacial score (nSPS) is 20.0. The third-order valence-electron chi connectivity index (χ3n) is 4.79. The maximum atomic E-state index is 12.2. The fraction of sp³-hybridized carbons (Fsp3) is 0.611. The van der Waals surface area contributed by atoms with Gasteiger partial charge in [-0.25, -0.2) is 8.42 Å². The Labute approximate surface area is 174 Å². The summed E-state index contributed by atoms with van der Waals surface area (Å²) in [6.45, 7) is 7.28. The van der Waals surface area contributed by atoms with Crippen LogP contribution in [-0.4, -0.2) is 63.6 Å². The number of halogens is 1. The average molecular weight is 495 g/mol. The lowest BCUT2D eigenvalue weighted by Crippen LogP contribution is -2.57. The van der Waals surface area contributed by atoms with Crippen LogP contribution in [0.25, 0.3) is 0 Å². The molecule has 1 aromatic rings. The van der Waals surface area contributed by atoms with Crippen molar-refractivity contribution in [3.05, 3.63) is 29.8 Å². The van der Waals surface area contributed by atoms with Crippen LogP contribution < -0.4 is 10.1 Å². The molecule has 6 nitrogen and oxygen atoms in total. The van der Waals surface area contributed by atoms with Gasteiger partial charge in [0.05, 0.1) is 17.6 Å². The predicted octanol–water partition coefficient (Wildman–Crippen LogP) is 2.50. The van der Waals surface area contributed by atoms with Gasteiger partial charge < -0.3 is 15.0 Å². The molecule has 1 N–H and O–H groups in total. The average Bonchev–Trinajstić information content (AvgIpc) is 2.58. The summed E-state index contributed by atoms with van der Waals surface area (Å²) < 4.78 is 29.0. The first-order chi connectivity index (χ1) is 11.7. The van der Waals surface area contributed by atoms with Crippen LogP contribution in [-0.2, 0) is 9.84 Å². The number of rotatable bonds is 4. The number of nitrogens with one attached hydrogen (secondary N) is 1. The summed E-state index contributed by atoms with van der Waals surface area (Å²) in [5.41, 5.74) is 1.13. The zero-order valence-corrected chi connectivity index (χ0v) is 19.3. The molecule has 0 aliphatic carbocycles. The van der Waals surface area contributed by atoms with Gasteiger partial charge in [-0.05, 0) is 25.5 Å². The van der Waals surface area contributed by atoms with Gasteiger partial charge in [-0.1, -0.05) is 25.1 Å². The highest BCUT2D eigenvalue weighted by molar-refractivity contribution is 14.0. The first kappa shape index (κ1) is 23.0. The van der Waals surface area contributed by atoms with Crippen LogP contribution in [0.3, 0.4) is 0 Å². The van der Waals surface area contributed by atoms with Crippen LogP contribution in [0.2, 0.25) is 0 Å². The topological polar surface area (TPSA) is 71.0 Å². The van der Waals surface area contributed by atoms with E-state index in [1.54, 1.807) is 28.0 Å². The van der Waals surface area contributed by atoms with Crippen LogP contribution in [0, 0.1) is 0 Å². The molecular formula is C18H30IN3O3S. The Kier molecular flexibility index (Phi) is 8.19. The van der Waals surface area contributed by atoms with E-state index < -0.39 is 14.6 Å². The van der Waals surface area contributed by atoms with Gasteiger partial charge in [-0.3, -0.25) is 4.99 Å². The van der Waals surface area contributed by atoms with E-state index in [9.17, 15) is 8.42 Å². The van der Waals surface area contributed by atoms with Crippen LogP contribution in [0.15, 0.2) is 29.3 Å². The maximum Gasteiger partial charge on any atom is 0.193 e. The van der Waals surface area contributed by atoms with Crippen molar-refractivity contribution in [3.8, 4) is 5.75 Å². The van der Waals surface area contributed by atoms with Crippen molar-refractivity contribution in [2.45, 2.75) is 31.4 Å². The number of guanidine groups is 1. The summed E-state index contributed by atoms with van der Waals surface area (Å²) in [6, 6.07) is 7.97. The highest BCUT2D eigenvalue weighted by atomic mass is 127. The zero-order chi connectivity index (χ0) is 18.7. The minimum Gasteiger partial charge on any atom is -0.496 e. The lowest BCUT2D eigenvalue weighted by Gasteiger charge is -2.39. The van der Waals surface area contributed by atoms with E-state index in [1.165, 1.54) is 0 Å². The van der Waals surface area contributed by atoms with Crippen LogP contribution in [0.4, 0.5) is 0 Å². The molecule has 8 heteroatoms. The molecule has 1 fully saturated rings. The van der Waals surface area contributed by atoms with E-state index in [4.69, 9.17) is 4.74 Å². The first-order valence-corrected chi connectivity index (χ1v) is 10.2. The largest absolute Gasteiger partial charge is 0.496 e. The Hall–Kier alpha value is -1.03. The molecule has 1 heterocycles. The number of nitrogens with zero attached hydrogens (tertiary/aromatic N) is 2. The number of hydrogen-bond acceptors (Lipinski definition) is 4. The lowest BCUT2D eigenvalue weighted by atomic mass is 10.0. The summed E-state index contributed by atoms with van der Waals surface area (Å²) in [4.78, 5) is 6.36. The zero-order valence-electron chi connectivity index (χ0n) is 16.2. The van der Waals surface area contributed by atoms with E-state index >= 15 is 0 Å². The third kappa shape index (κ3) is 5.03. The number of benzene rings is 1. The molecule has 2 rings (SSSR count). The fourth-order valence-electron chi connectivity index (χ4n) is 3.08. The molecule has 1 unspecified atom stereocenters. The van der Waals surface area contributed by atoms with Gasteiger partial charge in [0.1, 0.15) is 5.75 Å². The van der Waals surface area contributed by atoms with Gasteiger partial charge in [-0.15, -0.1) is 24.0 Å². The number of aliphatic imine (C=N–C) groups is 1. The Morgan fingerprint density at radius 1 is 1.38 bits per heavy atom. The van der Waals surface area contributed by atoms with Gasteiger partial charge in [-0.2, -0.15) is 0 Å². The van der Waals surface area contributed by atoms with Crippen molar-refractivity contribution >= 4 is 39.8 Å². The Balaban J connectivity index is 0.00000338. The van der Waals surface area contributed by atoms with E-state index in [2.05, 4.69) is 23.3 Å². The molecule has 1 saturated heterocycles. The summed E-state index contributed by atoms with van der Waals surface area (Å²) >= 11 is 0. The molecule has 26 heavy (non-hydrogen) atoms. The fourth-order valence-corrected chi connectivity index (χ4v) is 4.45.